The lowest BCUT2D eigenvalue weighted by Crippen LogP contribution is -2.16. The lowest BCUT2D eigenvalue weighted by molar-refractivity contribution is -0.149. The highest BCUT2D eigenvalue weighted by Gasteiger charge is 2.11. The Kier molecular flexibility index (Phi) is 12.9. The highest BCUT2D eigenvalue weighted by molar-refractivity contribution is 5.70. The van der Waals surface area contributed by atoms with Crippen LogP contribution in [-0.4, -0.2) is 24.6 Å². The fourth-order valence-electron chi connectivity index (χ4n) is 2.32. The van der Waals surface area contributed by atoms with Crippen LogP contribution in [0.2, 0.25) is 0 Å². The van der Waals surface area contributed by atoms with Gasteiger partial charge in [0.1, 0.15) is 0 Å². The van der Waals surface area contributed by atoms with E-state index in [1.807, 2.05) is 6.92 Å². The summed E-state index contributed by atoms with van der Waals surface area (Å²) in [4.78, 5) is 23.1. The Morgan fingerprint density at radius 3 is 2.09 bits per heavy atom. The lowest BCUT2D eigenvalue weighted by atomic mass is 10.1. The van der Waals surface area contributed by atoms with E-state index in [9.17, 15) is 9.59 Å². The quantitative estimate of drug-likeness (QED) is 0.367. The largest absolute Gasteiger partial charge is 0.466 e. The number of carbonyl (C=O) groups excluding carboxylic acids is 2. The van der Waals surface area contributed by atoms with Crippen molar-refractivity contribution in [3.05, 3.63) is 0 Å². The van der Waals surface area contributed by atoms with Gasteiger partial charge >= 0.3 is 11.9 Å². The Balaban J connectivity index is 3.50. The summed E-state index contributed by atoms with van der Waals surface area (Å²) in [6.45, 7) is 8.82. The van der Waals surface area contributed by atoms with Crippen LogP contribution in [0, 0.1) is 5.92 Å². The van der Waals surface area contributed by atoms with Gasteiger partial charge in [0.05, 0.1) is 12.7 Å². The van der Waals surface area contributed by atoms with Gasteiger partial charge in [-0.1, -0.05) is 40.0 Å². The summed E-state index contributed by atoms with van der Waals surface area (Å²) in [7, 11) is 0. The van der Waals surface area contributed by atoms with E-state index in [0.717, 1.165) is 19.3 Å². The van der Waals surface area contributed by atoms with Gasteiger partial charge in [-0.15, -0.1) is 0 Å². The average molecular weight is 314 g/mol. The van der Waals surface area contributed by atoms with Crippen molar-refractivity contribution in [2.24, 2.45) is 5.92 Å². The van der Waals surface area contributed by atoms with Gasteiger partial charge in [-0.05, 0) is 38.5 Å². The predicted octanol–water partition coefficient (Wildman–Crippen LogP) is 4.65. The number of carbonyl (C=O) groups is 2. The third-order valence-corrected chi connectivity index (χ3v) is 3.41. The Bertz CT molecular complexity index is 299. The zero-order valence-electron chi connectivity index (χ0n) is 14.9. The normalized spacial score (nSPS) is 12.2. The second-order valence-corrected chi connectivity index (χ2v) is 6.42. The van der Waals surface area contributed by atoms with E-state index in [1.54, 1.807) is 0 Å². The molecule has 22 heavy (non-hydrogen) atoms. The minimum Gasteiger partial charge on any atom is -0.466 e. The fourth-order valence-corrected chi connectivity index (χ4v) is 2.32. The molecule has 130 valence electrons. The molecular formula is C18H34O4. The molecule has 0 aromatic rings. The zero-order valence-corrected chi connectivity index (χ0v) is 14.9. The predicted molar refractivity (Wildman–Crippen MR) is 88.6 cm³/mol. The van der Waals surface area contributed by atoms with Crippen molar-refractivity contribution in [2.75, 3.05) is 6.61 Å². The number of rotatable bonds is 13. The van der Waals surface area contributed by atoms with Crippen LogP contribution in [0.4, 0.5) is 0 Å². The van der Waals surface area contributed by atoms with Gasteiger partial charge in [0, 0.05) is 12.8 Å². The maximum Gasteiger partial charge on any atom is 0.306 e. The van der Waals surface area contributed by atoms with E-state index in [2.05, 4.69) is 20.8 Å². The minimum absolute atomic E-state index is 0.0272. The molecule has 0 saturated heterocycles. The summed E-state index contributed by atoms with van der Waals surface area (Å²) in [5.74, 6) is 0.203. The van der Waals surface area contributed by atoms with Gasteiger partial charge < -0.3 is 9.47 Å². The van der Waals surface area contributed by atoms with Gasteiger partial charge in [-0.2, -0.15) is 0 Å². The highest BCUT2D eigenvalue weighted by atomic mass is 16.5. The maximum absolute atomic E-state index is 11.6. The first-order valence-electron chi connectivity index (χ1n) is 8.80. The van der Waals surface area contributed by atoms with Crippen molar-refractivity contribution in [1.29, 1.82) is 0 Å². The third-order valence-electron chi connectivity index (χ3n) is 3.41. The zero-order chi connectivity index (χ0) is 16.8. The molecule has 4 heteroatoms. The molecule has 0 spiro atoms. The van der Waals surface area contributed by atoms with Crippen LogP contribution in [-0.2, 0) is 19.1 Å². The Labute approximate surface area is 135 Å². The smallest absolute Gasteiger partial charge is 0.306 e. The van der Waals surface area contributed by atoms with Crippen molar-refractivity contribution in [3.8, 4) is 0 Å². The molecule has 0 aliphatic heterocycles. The molecule has 0 aliphatic carbocycles. The molecule has 0 heterocycles. The minimum atomic E-state index is -0.166. The molecule has 0 N–H and O–H groups in total. The van der Waals surface area contributed by atoms with Crippen LogP contribution in [0.3, 0.4) is 0 Å². The highest BCUT2D eigenvalue weighted by Crippen LogP contribution is 2.10. The van der Waals surface area contributed by atoms with Crippen molar-refractivity contribution < 1.29 is 19.1 Å². The van der Waals surface area contributed by atoms with Gasteiger partial charge in [-0.25, -0.2) is 0 Å². The van der Waals surface area contributed by atoms with Crippen molar-refractivity contribution in [3.63, 3.8) is 0 Å². The topological polar surface area (TPSA) is 52.6 Å². The van der Waals surface area contributed by atoms with E-state index < -0.39 is 0 Å². The monoisotopic (exact) mass is 314 g/mol. The second kappa shape index (κ2) is 13.6. The van der Waals surface area contributed by atoms with Crippen molar-refractivity contribution in [1.82, 2.24) is 0 Å². The summed E-state index contributed by atoms with van der Waals surface area (Å²) in [6.07, 6.45) is 7.42. The number of ether oxygens (including phenoxy) is 2. The first-order valence-corrected chi connectivity index (χ1v) is 8.80. The van der Waals surface area contributed by atoms with E-state index in [-0.39, 0.29) is 18.0 Å². The molecule has 4 nitrogen and oxygen atoms in total. The second-order valence-electron chi connectivity index (χ2n) is 6.42. The van der Waals surface area contributed by atoms with E-state index >= 15 is 0 Å². The lowest BCUT2D eigenvalue weighted by Gasteiger charge is -2.15. The van der Waals surface area contributed by atoms with Crippen LogP contribution in [0.15, 0.2) is 0 Å². The first kappa shape index (κ1) is 20.9. The van der Waals surface area contributed by atoms with Crippen LogP contribution >= 0.6 is 0 Å². The Hall–Kier alpha value is -1.06. The standard InChI is InChI=1S/C18H34O4/c1-5-6-7-10-13-21-17(19)11-8-9-12-18(20)22-16(4)14-15(2)3/h15-16H,5-14H2,1-4H3. The van der Waals surface area contributed by atoms with Crippen LogP contribution in [0.5, 0.6) is 0 Å². The van der Waals surface area contributed by atoms with Crippen LogP contribution < -0.4 is 0 Å². The van der Waals surface area contributed by atoms with E-state index in [1.165, 1.54) is 12.8 Å². The SMILES string of the molecule is CCCCCCOC(=O)CCCCC(=O)OC(C)CC(C)C. The van der Waals surface area contributed by atoms with Gasteiger partial charge in [0.15, 0.2) is 0 Å². The van der Waals surface area contributed by atoms with Gasteiger partial charge in [0.2, 0.25) is 0 Å². The number of hydrogen-bond acceptors (Lipinski definition) is 4. The molecule has 0 rings (SSSR count). The summed E-state index contributed by atoms with van der Waals surface area (Å²) < 4.78 is 10.5. The number of hydrogen-bond donors (Lipinski definition) is 0. The average Bonchev–Trinajstić information content (AvgIpc) is 2.42. The third kappa shape index (κ3) is 13.9. The van der Waals surface area contributed by atoms with Crippen molar-refractivity contribution in [2.45, 2.75) is 91.6 Å². The molecule has 0 bridgehead atoms. The molecular weight excluding hydrogens is 280 g/mol. The molecule has 0 amide bonds. The van der Waals surface area contributed by atoms with Crippen LogP contribution in [0.25, 0.3) is 0 Å². The van der Waals surface area contributed by atoms with E-state index in [0.29, 0.717) is 38.2 Å². The van der Waals surface area contributed by atoms with Crippen molar-refractivity contribution >= 4 is 11.9 Å². The first-order chi connectivity index (χ1) is 10.5. The molecule has 1 unspecified atom stereocenters. The summed E-state index contributed by atoms with van der Waals surface area (Å²) in [5, 5.41) is 0. The number of esters is 2. The summed E-state index contributed by atoms with van der Waals surface area (Å²) in [6, 6.07) is 0. The number of unbranched alkanes of at least 4 members (excludes halogenated alkanes) is 4. The summed E-state index contributed by atoms with van der Waals surface area (Å²) in [5.41, 5.74) is 0. The maximum atomic E-state index is 11.6. The molecule has 0 aliphatic rings. The molecule has 1 atom stereocenters. The fraction of sp³-hybridized carbons (Fsp3) is 0.889. The molecule has 0 aromatic heterocycles. The summed E-state index contributed by atoms with van der Waals surface area (Å²) >= 11 is 0. The molecule has 0 fully saturated rings. The molecule has 0 aromatic carbocycles. The van der Waals surface area contributed by atoms with E-state index in [4.69, 9.17) is 9.47 Å². The van der Waals surface area contributed by atoms with Crippen LogP contribution in [0.1, 0.15) is 85.5 Å². The Morgan fingerprint density at radius 1 is 0.864 bits per heavy atom. The van der Waals surface area contributed by atoms with Gasteiger partial charge in [-0.3, -0.25) is 9.59 Å². The Morgan fingerprint density at radius 2 is 1.50 bits per heavy atom. The molecule has 0 saturated carbocycles. The molecule has 0 radical (unpaired) electrons. The van der Waals surface area contributed by atoms with Gasteiger partial charge in [0.25, 0.3) is 0 Å².